The van der Waals surface area contributed by atoms with Gasteiger partial charge in [0.2, 0.25) is 17.7 Å². The minimum atomic E-state index is -1.31. The van der Waals surface area contributed by atoms with E-state index >= 15 is 0 Å². The van der Waals surface area contributed by atoms with E-state index in [4.69, 9.17) is 15.9 Å². The first kappa shape index (κ1) is 23.7. The number of carbonyl (C=O) groups is 5. The van der Waals surface area contributed by atoms with Gasteiger partial charge in [-0.15, -0.1) is 0 Å². The van der Waals surface area contributed by atoms with Crippen molar-refractivity contribution in [3.8, 4) is 0 Å². The van der Waals surface area contributed by atoms with Crippen LogP contribution >= 0.6 is 12.6 Å². The molecule has 0 aliphatic rings. The maximum atomic E-state index is 12.1. The van der Waals surface area contributed by atoms with Gasteiger partial charge in [0.15, 0.2) is 0 Å². The monoisotopic (exact) mass is 392 g/mol. The third-order valence-electron chi connectivity index (χ3n) is 3.22. The summed E-state index contributed by atoms with van der Waals surface area (Å²) >= 11 is 3.94. The molecule has 148 valence electrons. The van der Waals surface area contributed by atoms with Gasteiger partial charge in [0, 0.05) is 5.75 Å². The van der Waals surface area contributed by atoms with E-state index in [1.54, 1.807) is 13.8 Å². The lowest BCUT2D eigenvalue weighted by atomic mass is 10.0. The van der Waals surface area contributed by atoms with Crippen molar-refractivity contribution >= 4 is 42.3 Å². The number of nitrogens with one attached hydrogen (secondary N) is 3. The fourth-order valence-electron chi connectivity index (χ4n) is 1.79. The first-order valence-corrected chi connectivity index (χ1v) is 8.31. The Morgan fingerprint density at radius 3 is 2.04 bits per heavy atom. The van der Waals surface area contributed by atoms with Crippen molar-refractivity contribution in [2.75, 3.05) is 12.3 Å². The number of nitrogens with two attached hydrogens (primary N) is 1. The summed E-state index contributed by atoms with van der Waals surface area (Å²) in [5.41, 5.74) is 5.33. The summed E-state index contributed by atoms with van der Waals surface area (Å²) in [6.45, 7) is 2.70. The van der Waals surface area contributed by atoms with E-state index in [0.29, 0.717) is 0 Å². The van der Waals surface area contributed by atoms with Crippen molar-refractivity contribution in [1.82, 2.24) is 16.0 Å². The van der Waals surface area contributed by atoms with Gasteiger partial charge in [-0.3, -0.25) is 19.2 Å². The highest BCUT2D eigenvalue weighted by Gasteiger charge is 2.28. The molecule has 12 heteroatoms. The molecule has 7 N–H and O–H groups in total. The van der Waals surface area contributed by atoms with Crippen LogP contribution in [0.5, 0.6) is 0 Å². The van der Waals surface area contributed by atoms with Crippen molar-refractivity contribution in [1.29, 1.82) is 0 Å². The predicted molar refractivity (Wildman–Crippen MR) is 93.4 cm³/mol. The van der Waals surface area contributed by atoms with Crippen molar-refractivity contribution < 1.29 is 34.2 Å². The minimum Gasteiger partial charge on any atom is -0.481 e. The van der Waals surface area contributed by atoms with E-state index in [-0.39, 0.29) is 11.7 Å². The van der Waals surface area contributed by atoms with E-state index in [9.17, 15) is 24.0 Å². The summed E-state index contributed by atoms with van der Waals surface area (Å²) in [4.78, 5) is 57.0. The van der Waals surface area contributed by atoms with E-state index in [0.717, 1.165) is 0 Å². The quantitative estimate of drug-likeness (QED) is 0.189. The van der Waals surface area contributed by atoms with Gasteiger partial charge in [-0.05, 0) is 5.92 Å². The molecule has 0 rings (SSSR count). The minimum absolute atomic E-state index is 0.103. The SMILES string of the molecule is CC(C)C(NC(=O)C(CS)NC(=O)CNC(=O)C(N)CC(=O)O)C(=O)O. The third-order valence-corrected chi connectivity index (χ3v) is 3.58. The van der Waals surface area contributed by atoms with Crippen molar-refractivity contribution in [3.63, 3.8) is 0 Å². The van der Waals surface area contributed by atoms with Crippen LogP contribution in [0.15, 0.2) is 0 Å². The zero-order valence-corrected chi connectivity index (χ0v) is 15.3. The van der Waals surface area contributed by atoms with Crippen LogP contribution in [0.2, 0.25) is 0 Å². The molecule has 0 radical (unpaired) electrons. The lowest BCUT2D eigenvalue weighted by molar-refractivity contribution is -0.143. The number of carboxylic acid groups (broad SMARTS) is 2. The second-order valence-electron chi connectivity index (χ2n) is 5.79. The van der Waals surface area contributed by atoms with Gasteiger partial charge in [0.25, 0.3) is 0 Å². The van der Waals surface area contributed by atoms with Gasteiger partial charge >= 0.3 is 11.9 Å². The lowest BCUT2D eigenvalue weighted by Gasteiger charge is -2.22. The van der Waals surface area contributed by atoms with Crippen LogP contribution in [0.1, 0.15) is 20.3 Å². The molecule has 0 aromatic heterocycles. The average molecular weight is 392 g/mol. The Kier molecular flexibility index (Phi) is 10.3. The molecule has 0 fully saturated rings. The standard InChI is InChI=1S/C14H24N4O7S/c1-6(2)11(14(24)25)18-13(23)8(5-26)17-9(19)4-16-12(22)7(15)3-10(20)21/h6-8,11,26H,3-5,15H2,1-2H3,(H,16,22)(H,17,19)(H,18,23)(H,20,21)(H,24,25). The van der Waals surface area contributed by atoms with Crippen LogP contribution < -0.4 is 21.7 Å². The van der Waals surface area contributed by atoms with Crippen LogP contribution in [0, 0.1) is 5.92 Å². The van der Waals surface area contributed by atoms with Gasteiger partial charge < -0.3 is 31.9 Å². The largest absolute Gasteiger partial charge is 0.481 e. The van der Waals surface area contributed by atoms with Crippen LogP contribution in [0.25, 0.3) is 0 Å². The molecule has 0 spiro atoms. The Morgan fingerprint density at radius 2 is 1.62 bits per heavy atom. The van der Waals surface area contributed by atoms with Gasteiger partial charge in [-0.2, -0.15) is 12.6 Å². The van der Waals surface area contributed by atoms with Gasteiger partial charge in [0.1, 0.15) is 12.1 Å². The lowest BCUT2D eigenvalue weighted by Crippen LogP contribution is -2.55. The highest BCUT2D eigenvalue weighted by molar-refractivity contribution is 7.80. The number of hydrogen-bond donors (Lipinski definition) is 7. The highest BCUT2D eigenvalue weighted by atomic mass is 32.1. The van der Waals surface area contributed by atoms with Crippen LogP contribution in [-0.2, 0) is 24.0 Å². The highest BCUT2D eigenvalue weighted by Crippen LogP contribution is 2.02. The van der Waals surface area contributed by atoms with Gasteiger partial charge in [-0.25, -0.2) is 4.79 Å². The predicted octanol–water partition coefficient (Wildman–Crippen LogP) is -2.46. The molecule has 0 bridgehead atoms. The number of thiol groups is 1. The summed E-state index contributed by atoms with van der Waals surface area (Å²) in [7, 11) is 0. The average Bonchev–Trinajstić information content (AvgIpc) is 2.53. The normalized spacial score (nSPS) is 14.0. The van der Waals surface area contributed by atoms with Crippen LogP contribution in [0.4, 0.5) is 0 Å². The van der Waals surface area contributed by atoms with E-state index in [2.05, 4.69) is 28.6 Å². The van der Waals surface area contributed by atoms with Crippen molar-refractivity contribution in [2.24, 2.45) is 11.7 Å². The number of aliphatic carboxylic acids is 2. The molecule has 0 saturated carbocycles. The molecule has 0 aliphatic carbocycles. The molecule has 11 nitrogen and oxygen atoms in total. The zero-order valence-electron chi connectivity index (χ0n) is 14.4. The van der Waals surface area contributed by atoms with Gasteiger partial charge in [0.05, 0.1) is 19.0 Å². The second kappa shape index (κ2) is 11.3. The summed E-state index contributed by atoms with van der Waals surface area (Å²) in [6.07, 6.45) is -0.596. The topological polar surface area (TPSA) is 188 Å². The zero-order chi connectivity index (χ0) is 20.4. The number of amides is 3. The van der Waals surface area contributed by atoms with E-state index in [1.165, 1.54) is 0 Å². The smallest absolute Gasteiger partial charge is 0.326 e. The molecule has 3 unspecified atom stereocenters. The fraction of sp³-hybridized carbons (Fsp3) is 0.643. The number of carbonyl (C=O) groups excluding carboxylic acids is 3. The van der Waals surface area contributed by atoms with Gasteiger partial charge in [-0.1, -0.05) is 13.8 Å². The molecule has 0 heterocycles. The summed E-state index contributed by atoms with van der Waals surface area (Å²) in [5.74, 6) is -5.26. The van der Waals surface area contributed by atoms with Crippen LogP contribution in [0.3, 0.4) is 0 Å². The number of carboxylic acids is 2. The Labute approximate surface area is 155 Å². The van der Waals surface area contributed by atoms with Crippen LogP contribution in [-0.4, -0.2) is 70.3 Å². The molecule has 0 saturated heterocycles. The molecule has 0 aromatic rings. The molecular formula is C14H24N4O7S. The maximum absolute atomic E-state index is 12.1. The first-order chi connectivity index (χ1) is 12.0. The molecule has 0 aliphatic heterocycles. The number of rotatable bonds is 11. The maximum Gasteiger partial charge on any atom is 0.326 e. The van der Waals surface area contributed by atoms with E-state index < -0.39 is 60.8 Å². The molecule has 0 aromatic carbocycles. The summed E-state index contributed by atoms with van der Waals surface area (Å²) in [6, 6.07) is -3.56. The Bertz CT molecular complexity index is 555. The molecule has 3 amide bonds. The second-order valence-corrected chi connectivity index (χ2v) is 6.16. The third kappa shape index (κ3) is 8.67. The fourth-order valence-corrected chi connectivity index (χ4v) is 2.04. The number of hydrogen-bond acceptors (Lipinski definition) is 7. The Balaban J connectivity index is 4.59. The van der Waals surface area contributed by atoms with E-state index in [1.807, 2.05) is 0 Å². The molecular weight excluding hydrogens is 368 g/mol. The van der Waals surface area contributed by atoms with Crippen molar-refractivity contribution in [3.05, 3.63) is 0 Å². The Morgan fingerprint density at radius 1 is 1.04 bits per heavy atom. The molecule has 3 atom stereocenters. The first-order valence-electron chi connectivity index (χ1n) is 7.68. The molecule has 26 heavy (non-hydrogen) atoms. The van der Waals surface area contributed by atoms with Crippen molar-refractivity contribution in [2.45, 2.75) is 38.4 Å². The Hall–Kier alpha value is -2.34. The summed E-state index contributed by atoms with van der Waals surface area (Å²) < 4.78 is 0. The summed E-state index contributed by atoms with van der Waals surface area (Å²) in [5, 5.41) is 24.3.